The first-order valence-corrected chi connectivity index (χ1v) is 5.82. The van der Waals surface area contributed by atoms with Gasteiger partial charge in [-0.05, 0) is 23.6 Å². The molecule has 0 N–H and O–H groups in total. The number of halogens is 1. The molecule has 0 saturated carbocycles. The molecule has 1 aromatic heterocycles. The number of ketones is 1. The van der Waals surface area contributed by atoms with Crippen LogP contribution in [0.3, 0.4) is 0 Å². The highest BCUT2D eigenvalue weighted by atomic mass is 35.5. The lowest BCUT2D eigenvalue weighted by molar-refractivity contribution is 0.0994. The van der Waals surface area contributed by atoms with Gasteiger partial charge in [-0.15, -0.1) is 11.3 Å². The maximum Gasteiger partial charge on any atom is 0.168 e. The Morgan fingerprint density at radius 3 is 2.80 bits per heavy atom. The van der Waals surface area contributed by atoms with Crippen molar-refractivity contribution in [3.05, 3.63) is 57.2 Å². The van der Waals surface area contributed by atoms with E-state index in [4.69, 9.17) is 11.6 Å². The maximum atomic E-state index is 11.8. The van der Waals surface area contributed by atoms with Gasteiger partial charge in [-0.25, -0.2) is 0 Å². The van der Waals surface area contributed by atoms with Gasteiger partial charge in [-0.3, -0.25) is 4.79 Å². The highest BCUT2D eigenvalue weighted by molar-refractivity contribution is 7.10. The van der Waals surface area contributed by atoms with Gasteiger partial charge >= 0.3 is 0 Å². The van der Waals surface area contributed by atoms with Crippen LogP contribution in [-0.4, -0.2) is 5.78 Å². The molecule has 76 valence electrons. The Morgan fingerprint density at radius 1 is 1.27 bits per heavy atom. The Kier molecular flexibility index (Phi) is 3.19. The van der Waals surface area contributed by atoms with Crippen molar-refractivity contribution in [2.75, 3.05) is 0 Å². The summed E-state index contributed by atoms with van der Waals surface area (Å²) in [7, 11) is 0. The number of hydrogen-bond donors (Lipinski definition) is 0. The molecule has 0 atom stereocenters. The Labute approximate surface area is 97.3 Å². The summed E-state index contributed by atoms with van der Waals surface area (Å²) in [5.41, 5.74) is 0.677. The molecular formula is C12H9ClOS. The average molecular weight is 237 g/mol. The summed E-state index contributed by atoms with van der Waals surface area (Å²) in [4.78, 5) is 12.9. The predicted octanol–water partition coefficient (Wildman–Crippen LogP) is 3.83. The second-order valence-electron chi connectivity index (χ2n) is 3.19. The fourth-order valence-electron chi connectivity index (χ4n) is 1.34. The van der Waals surface area contributed by atoms with Crippen LogP contribution < -0.4 is 0 Å². The van der Waals surface area contributed by atoms with Crippen LogP contribution in [0.15, 0.2) is 41.8 Å². The fourth-order valence-corrected chi connectivity index (χ4v) is 2.23. The zero-order chi connectivity index (χ0) is 10.7. The molecule has 1 nitrogen and oxygen atoms in total. The third-order valence-electron chi connectivity index (χ3n) is 2.06. The number of thiophene rings is 1. The smallest absolute Gasteiger partial charge is 0.168 e. The van der Waals surface area contributed by atoms with E-state index in [1.54, 1.807) is 35.6 Å². The molecule has 2 aromatic rings. The van der Waals surface area contributed by atoms with Crippen molar-refractivity contribution in [1.82, 2.24) is 0 Å². The van der Waals surface area contributed by atoms with Gasteiger partial charge in [0, 0.05) is 21.9 Å². The molecule has 3 heteroatoms. The van der Waals surface area contributed by atoms with Crippen LogP contribution in [0, 0.1) is 0 Å². The van der Waals surface area contributed by atoms with Crippen LogP contribution in [0.2, 0.25) is 5.02 Å². The predicted molar refractivity (Wildman–Crippen MR) is 63.8 cm³/mol. The number of carbonyl (C=O) groups is 1. The van der Waals surface area contributed by atoms with Gasteiger partial charge in [0.05, 0.1) is 0 Å². The molecule has 0 spiro atoms. The van der Waals surface area contributed by atoms with Gasteiger partial charge < -0.3 is 0 Å². The largest absolute Gasteiger partial charge is 0.294 e. The van der Waals surface area contributed by atoms with Crippen LogP contribution in [-0.2, 0) is 6.42 Å². The standard InChI is InChI=1S/C12H9ClOS/c13-10-4-1-3-9(7-10)12(14)8-11-5-2-6-15-11/h1-7H,8H2. The lowest BCUT2D eigenvalue weighted by Gasteiger charge is -1.99. The van der Waals surface area contributed by atoms with E-state index >= 15 is 0 Å². The lowest BCUT2D eigenvalue weighted by atomic mass is 10.1. The van der Waals surface area contributed by atoms with Crippen molar-refractivity contribution in [2.45, 2.75) is 6.42 Å². The van der Waals surface area contributed by atoms with Gasteiger partial charge in [-0.2, -0.15) is 0 Å². The SMILES string of the molecule is O=C(Cc1cccs1)c1cccc(Cl)c1. The van der Waals surface area contributed by atoms with Crippen LogP contribution in [0.25, 0.3) is 0 Å². The van der Waals surface area contributed by atoms with Gasteiger partial charge in [-0.1, -0.05) is 29.8 Å². The van der Waals surface area contributed by atoms with E-state index in [9.17, 15) is 4.79 Å². The summed E-state index contributed by atoms with van der Waals surface area (Å²) in [6.07, 6.45) is 0.456. The minimum absolute atomic E-state index is 0.111. The molecule has 0 bridgehead atoms. The molecule has 0 radical (unpaired) electrons. The Balaban J connectivity index is 2.15. The molecule has 1 heterocycles. The van der Waals surface area contributed by atoms with E-state index in [-0.39, 0.29) is 5.78 Å². The van der Waals surface area contributed by atoms with Crippen molar-refractivity contribution >= 4 is 28.7 Å². The summed E-state index contributed by atoms with van der Waals surface area (Å²) in [5.74, 6) is 0.111. The second kappa shape index (κ2) is 4.60. The van der Waals surface area contributed by atoms with Gasteiger partial charge in [0.15, 0.2) is 5.78 Å². The average Bonchev–Trinajstić information content (AvgIpc) is 2.70. The van der Waals surface area contributed by atoms with Gasteiger partial charge in [0.2, 0.25) is 0 Å². The summed E-state index contributed by atoms with van der Waals surface area (Å²) in [5, 5.41) is 2.58. The van der Waals surface area contributed by atoms with E-state index in [2.05, 4.69) is 0 Å². The van der Waals surface area contributed by atoms with E-state index < -0.39 is 0 Å². The van der Waals surface area contributed by atoms with Crippen LogP contribution in [0.4, 0.5) is 0 Å². The Hall–Kier alpha value is -1.12. The van der Waals surface area contributed by atoms with Crippen molar-refractivity contribution < 1.29 is 4.79 Å². The Morgan fingerprint density at radius 2 is 2.13 bits per heavy atom. The fraction of sp³-hybridized carbons (Fsp3) is 0.0833. The molecular weight excluding hydrogens is 228 g/mol. The van der Waals surface area contributed by atoms with E-state index in [0.717, 1.165) is 4.88 Å². The summed E-state index contributed by atoms with van der Waals surface area (Å²) in [6.45, 7) is 0. The summed E-state index contributed by atoms with van der Waals surface area (Å²) < 4.78 is 0. The summed E-state index contributed by atoms with van der Waals surface area (Å²) >= 11 is 7.42. The molecule has 0 saturated heterocycles. The molecule has 1 aromatic carbocycles. The van der Waals surface area contributed by atoms with Crippen LogP contribution in [0.1, 0.15) is 15.2 Å². The molecule has 0 aliphatic carbocycles. The quantitative estimate of drug-likeness (QED) is 0.741. The molecule has 0 aliphatic heterocycles. The van der Waals surface area contributed by atoms with Crippen molar-refractivity contribution in [3.63, 3.8) is 0 Å². The first-order valence-electron chi connectivity index (χ1n) is 4.57. The van der Waals surface area contributed by atoms with Crippen LogP contribution >= 0.6 is 22.9 Å². The Bertz CT molecular complexity index is 462. The van der Waals surface area contributed by atoms with E-state index in [0.29, 0.717) is 17.0 Å². The molecule has 0 fully saturated rings. The number of benzene rings is 1. The minimum atomic E-state index is 0.111. The highest BCUT2D eigenvalue weighted by Gasteiger charge is 2.07. The van der Waals surface area contributed by atoms with E-state index in [1.165, 1.54) is 0 Å². The van der Waals surface area contributed by atoms with Crippen LogP contribution in [0.5, 0.6) is 0 Å². The number of carbonyl (C=O) groups excluding carboxylic acids is 1. The molecule has 2 rings (SSSR count). The zero-order valence-corrected chi connectivity index (χ0v) is 9.52. The molecule has 0 unspecified atom stereocenters. The number of hydrogen-bond acceptors (Lipinski definition) is 2. The maximum absolute atomic E-state index is 11.8. The summed E-state index contributed by atoms with van der Waals surface area (Å²) in [6, 6.07) is 11.0. The van der Waals surface area contributed by atoms with Gasteiger partial charge in [0.1, 0.15) is 0 Å². The van der Waals surface area contributed by atoms with Gasteiger partial charge in [0.25, 0.3) is 0 Å². The van der Waals surface area contributed by atoms with Crippen molar-refractivity contribution in [2.24, 2.45) is 0 Å². The minimum Gasteiger partial charge on any atom is -0.294 e. The van der Waals surface area contributed by atoms with Crippen molar-refractivity contribution in [3.8, 4) is 0 Å². The normalized spacial score (nSPS) is 10.2. The zero-order valence-electron chi connectivity index (χ0n) is 7.94. The third-order valence-corrected chi connectivity index (χ3v) is 3.17. The molecule has 0 aliphatic rings. The second-order valence-corrected chi connectivity index (χ2v) is 4.66. The first-order chi connectivity index (χ1) is 7.25. The first kappa shape index (κ1) is 10.4. The lowest BCUT2D eigenvalue weighted by Crippen LogP contribution is -2.01. The number of Topliss-reactive ketones (excluding diaryl/α,β-unsaturated/α-hetero) is 1. The molecule has 15 heavy (non-hydrogen) atoms. The number of rotatable bonds is 3. The third kappa shape index (κ3) is 2.67. The van der Waals surface area contributed by atoms with Crippen molar-refractivity contribution in [1.29, 1.82) is 0 Å². The monoisotopic (exact) mass is 236 g/mol. The molecule has 0 amide bonds. The topological polar surface area (TPSA) is 17.1 Å². The van der Waals surface area contributed by atoms with E-state index in [1.807, 2.05) is 17.5 Å². The highest BCUT2D eigenvalue weighted by Crippen LogP contribution is 2.15.